The van der Waals surface area contributed by atoms with E-state index in [2.05, 4.69) is 22.8 Å². The largest absolute Gasteiger partial charge is 0.465 e. The van der Waals surface area contributed by atoms with Crippen LogP contribution in [0.1, 0.15) is 51.7 Å². The summed E-state index contributed by atoms with van der Waals surface area (Å²) in [5.74, 6) is -0.172. The Morgan fingerprint density at radius 1 is 1.03 bits per heavy atom. The Labute approximate surface area is 175 Å². The van der Waals surface area contributed by atoms with Crippen molar-refractivity contribution >= 4 is 17.9 Å². The highest BCUT2D eigenvalue weighted by Gasteiger charge is 2.24. The molecule has 2 aromatic carbocycles. The molecule has 0 unspecified atom stereocenters. The monoisotopic (exact) mass is 400 g/mol. The minimum atomic E-state index is -0.338. The quantitative estimate of drug-likeness (QED) is 0.617. The first-order chi connectivity index (χ1) is 14.6. The Morgan fingerprint density at radius 2 is 1.83 bits per heavy atom. The van der Waals surface area contributed by atoms with Crippen LogP contribution in [-0.2, 0) is 11.2 Å². The number of carbonyl (C=O) groups excluding carboxylic acids is 2. The van der Waals surface area contributed by atoms with Gasteiger partial charge in [0, 0.05) is 11.6 Å². The Balaban J connectivity index is 1.58. The molecule has 0 aliphatic heterocycles. The summed E-state index contributed by atoms with van der Waals surface area (Å²) >= 11 is 0. The molecule has 1 aliphatic rings. The topological polar surface area (TPSA) is 71.3 Å². The molecular weight excluding hydrogens is 376 g/mol. The van der Waals surface area contributed by atoms with E-state index < -0.39 is 0 Å². The molecule has 4 rings (SSSR count). The molecule has 1 heterocycles. The number of carbonyl (C=O) groups is 2. The predicted molar refractivity (Wildman–Crippen MR) is 116 cm³/mol. The van der Waals surface area contributed by atoms with E-state index in [1.807, 2.05) is 31.2 Å². The molecule has 152 valence electrons. The predicted octanol–water partition coefficient (Wildman–Crippen LogP) is 4.55. The molecule has 5 nitrogen and oxygen atoms in total. The maximum atomic E-state index is 13.2. The lowest BCUT2D eigenvalue weighted by molar-refractivity contribution is -0.118. The first-order valence-electron chi connectivity index (χ1n) is 10.1. The second kappa shape index (κ2) is 8.82. The molecule has 1 aliphatic carbocycles. The van der Waals surface area contributed by atoms with Crippen LogP contribution in [0.2, 0.25) is 0 Å². The molecule has 0 fully saturated rings. The van der Waals surface area contributed by atoms with E-state index in [1.165, 1.54) is 11.8 Å². The molecule has 0 spiro atoms. The third-order valence-electron chi connectivity index (χ3n) is 5.39. The second-order valence-electron chi connectivity index (χ2n) is 7.46. The minimum absolute atomic E-state index is 0.0854. The number of furan rings is 1. The van der Waals surface area contributed by atoms with E-state index in [9.17, 15) is 9.59 Å². The molecule has 0 saturated heterocycles. The zero-order valence-corrected chi connectivity index (χ0v) is 16.9. The van der Waals surface area contributed by atoms with Crippen molar-refractivity contribution in [1.82, 2.24) is 10.6 Å². The van der Waals surface area contributed by atoms with E-state index in [4.69, 9.17) is 4.42 Å². The number of hydrogen-bond donors (Lipinski definition) is 2. The van der Waals surface area contributed by atoms with E-state index in [0.717, 1.165) is 30.4 Å². The van der Waals surface area contributed by atoms with Crippen LogP contribution in [0.15, 0.2) is 77.0 Å². The Hall–Kier alpha value is -3.60. The number of rotatable bonds is 5. The van der Waals surface area contributed by atoms with Crippen LogP contribution in [0, 0.1) is 6.92 Å². The van der Waals surface area contributed by atoms with Crippen molar-refractivity contribution in [2.75, 3.05) is 0 Å². The van der Waals surface area contributed by atoms with Crippen LogP contribution in [0.3, 0.4) is 0 Å². The van der Waals surface area contributed by atoms with Gasteiger partial charge >= 0.3 is 0 Å². The maximum absolute atomic E-state index is 13.2. The average Bonchev–Trinajstić information content (AvgIpc) is 3.27. The van der Waals surface area contributed by atoms with Crippen molar-refractivity contribution < 1.29 is 14.0 Å². The lowest BCUT2D eigenvalue weighted by Crippen LogP contribution is -2.38. The van der Waals surface area contributed by atoms with Crippen molar-refractivity contribution in [2.45, 2.75) is 32.2 Å². The standard InChI is InChI=1S/C25H24N2O3/c1-17-8-2-4-12-20(17)24(28)27-23(16-19-11-7-15-30-19)25(29)26-22-14-6-10-18-9-3-5-13-21(18)22/h2-5,7-9,11-13,15-16,22H,6,10,14H2,1H3,(H,26,29)(H,27,28)/b23-16-/t22-/m1/s1. The highest BCUT2D eigenvalue weighted by molar-refractivity contribution is 6.05. The van der Waals surface area contributed by atoms with Gasteiger partial charge < -0.3 is 15.1 Å². The van der Waals surface area contributed by atoms with Gasteiger partial charge in [-0.2, -0.15) is 0 Å². The summed E-state index contributed by atoms with van der Waals surface area (Å²) in [7, 11) is 0. The fourth-order valence-electron chi connectivity index (χ4n) is 3.83. The first-order valence-corrected chi connectivity index (χ1v) is 10.1. The normalized spacial score (nSPS) is 15.9. The van der Waals surface area contributed by atoms with Crippen LogP contribution in [-0.4, -0.2) is 11.8 Å². The lowest BCUT2D eigenvalue weighted by Gasteiger charge is -2.26. The minimum Gasteiger partial charge on any atom is -0.465 e. The maximum Gasteiger partial charge on any atom is 0.268 e. The third-order valence-corrected chi connectivity index (χ3v) is 5.39. The van der Waals surface area contributed by atoms with Gasteiger partial charge in [-0.15, -0.1) is 0 Å². The van der Waals surface area contributed by atoms with Crippen molar-refractivity contribution in [1.29, 1.82) is 0 Å². The van der Waals surface area contributed by atoms with E-state index >= 15 is 0 Å². The van der Waals surface area contributed by atoms with Gasteiger partial charge in [-0.1, -0.05) is 42.5 Å². The van der Waals surface area contributed by atoms with Gasteiger partial charge in [0.2, 0.25) is 0 Å². The Morgan fingerprint density at radius 3 is 2.63 bits per heavy atom. The van der Waals surface area contributed by atoms with Gasteiger partial charge in [0.15, 0.2) is 0 Å². The fraction of sp³-hybridized carbons (Fsp3) is 0.200. The molecule has 1 atom stereocenters. The Kier molecular flexibility index (Phi) is 5.80. The Bertz CT molecular complexity index is 1080. The zero-order valence-electron chi connectivity index (χ0n) is 16.9. The average molecular weight is 400 g/mol. The molecule has 3 aromatic rings. The highest BCUT2D eigenvalue weighted by atomic mass is 16.3. The summed E-state index contributed by atoms with van der Waals surface area (Å²) in [6.45, 7) is 1.86. The molecular formula is C25H24N2O3. The lowest BCUT2D eigenvalue weighted by atomic mass is 9.87. The van der Waals surface area contributed by atoms with E-state index in [0.29, 0.717) is 11.3 Å². The first kappa shape index (κ1) is 19.7. The van der Waals surface area contributed by atoms with Gasteiger partial charge in [-0.3, -0.25) is 9.59 Å². The SMILES string of the molecule is Cc1ccccc1C(=O)N/C(=C\c1ccco1)C(=O)N[C@@H]1CCCc2ccccc21. The summed E-state index contributed by atoms with van der Waals surface area (Å²) in [4.78, 5) is 26.0. The molecule has 2 amide bonds. The summed E-state index contributed by atoms with van der Waals surface area (Å²) in [6, 6.07) is 18.8. The van der Waals surface area contributed by atoms with Crippen LogP contribution in [0.4, 0.5) is 0 Å². The third kappa shape index (κ3) is 4.35. The molecule has 0 saturated carbocycles. The number of amides is 2. The smallest absolute Gasteiger partial charge is 0.268 e. The van der Waals surface area contributed by atoms with Crippen LogP contribution in [0.25, 0.3) is 6.08 Å². The molecule has 1 aromatic heterocycles. The van der Waals surface area contributed by atoms with Crippen molar-refractivity contribution in [2.24, 2.45) is 0 Å². The zero-order chi connectivity index (χ0) is 20.9. The van der Waals surface area contributed by atoms with Gasteiger partial charge in [0.05, 0.1) is 12.3 Å². The number of benzene rings is 2. The molecule has 0 radical (unpaired) electrons. The molecule has 30 heavy (non-hydrogen) atoms. The van der Waals surface area contributed by atoms with Gasteiger partial charge in [0.1, 0.15) is 11.5 Å². The van der Waals surface area contributed by atoms with Gasteiger partial charge in [0.25, 0.3) is 11.8 Å². The van der Waals surface area contributed by atoms with Gasteiger partial charge in [-0.05, 0) is 61.1 Å². The second-order valence-corrected chi connectivity index (χ2v) is 7.46. The summed E-state index contributed by atoms with van der Waals surface area (Å²) in [6.07, 6.45) is 5.97. The van der Waals surface area contributed by atoms with Gasteiger partial charge in [-0.25, -0.2) is 0 Å². The molecule has 2 N–H and O–H groups in total. The molecule has 0 bridgehead atoms. The number of nitrogens with one attached hydrogen (secondary N) is 2. The number of fused-ring (bicyclic) bond motifs is 1. The van der Waals surface area contributed by atoms with Crippen molar-refractivity contribution in [3.05, 3.63) is 101 Å². The molecule has 5 heteroatoms. The fourth-order valence-corrected chi connectivity index (χ4v) is 3.83. The summed E-state index contributed by atoms with van der Waals surface area (Å²) < 4.78 is 5.36. The number of aryl methyl sites for hydroxylation is 2. The summed E-state index contributed by atoms with van der Waals surface area (Å²) in [5.41, 5.74) is 3.92. The summed E-state index contributed by atoms with van der Waals surface area (Å²) in [5, 5.41) is 5.87. The number of hydrogen-bond acceptors (Lipinski definition) is 3. The van der Waals surface area contributed by atoms with Crippen LogP contribution >= 0.6 is 0 Å². The van der Waals surface area contributed by atoms with Crippen LogP contribution in [0.5, 0.6) is 0 Å². The van der Waals surface area contributed by atoms with Crippen molar-refractivity contribution in [3.63, 3.8) is 0 Å². The van der Waals surface area contributed by atoms with E-state index in [-0.39, 0.29) is 23.6 Å². The highest BCUT2D eigenvalue weighted by Crippen LogP contribution is 2.29. The van der Waals surface area contributed by atoms with Crippen LogP contribution < -0.4 is 10.6 Å². The van der Waals surface area contributed by atoms with E-state index in [1.54, 1.807) is 30.3 Å². The van der Waals surface area contributed by atoms with Crippen molar-refractivity contribution in [3.8, 4) is 0 Å².